The van der Waals surface area contributed by atoms with Crippen LogP contribution in [-0.4, -0.2) is 10.1 Å². The van der Waals surface area contributed by atoms with Gasteiger partial charge < -0.3 is 10.3 Å². The van der Waals surface area contributed by atoms with Crippen molar-refractivity contribution >= 4 is 40.5 Å². The summed E-state index contributed by atoms with van der Waals surface area (Å²) in [6, 6.07) is 10.1. The Balaban J connectivity index is 2.05. The first-order valence-electron chi connectivity index (χ1n) is 5.88. The standard InChI is InChI=1S/C14H8Cl3N3O/c15-8-3-7(4-9(16)5-8)13-19-14(21-20-13)11-6-10(18)1-2-12(11)17/h1-6H,18H2. The third-order valence-electron chi connectivity index (χ3n) is 2.77. The van der Waals surface area contributed by atoms with Crippen molar-refractivity contribution in [1.82, 2.24) is 10.1 Å². The van der Waals surface area contributed by atoms with E-state index in [0.717, 1.165) is 0 Å². The number of benzene rings is 2. The van der Waals surface area contributed by atoms with Gasteiger partial charge in [-0.15, -0.1) is 0 Å². The van der Waals surface area contributed by atoms with Crippen molar-refractivity contribution in [3.05, 3.63) is 51.5 Å². The fourth-order valence-corrected chi connectivity index (χ4v) is 2.56. The van der Waals surface area contributed by atoms with Crippen LogP contribution in [0.4, 0.5) is 5.69 Å². The number of aromatic nitrogens is 2. The number of halogens is 3. The van der Waals surface area contributed by atoms with Gasteiger partial charge in [-0.1, -0.05) is 40.0 Å². The number of hydrogen-bond donors (Lipinski definition) is 1. The van der Waals surface area contributed by atoms with Gasteiger partial charge in [-0.25, -0.2) is 0 Å². The van der Waals surface area contributed by atoms with Crippen LogP contribution in [0.3, 0.4) is 0 Å². The SMILES string of the molecule is Nc1ccc(Cl)c(-c2nc(-c3cc(Cl)cc(Cl)c3)no2)c1. The lowest BCUT2D eigenvalue weighted by molar-refractivity contribution is 0.432. The Hall–Kier alpha value is -1.75. The van der Waals surface area contributed by atoms with Gasteiger partial charge in [0.1, 0.15) is 0 Å². The van der Waals surface area contributed by atoms with Crippen molar-refractivity contribution in [2.24, 2.45) is 0 Å². The molecule has 21 heavy (non-hydrogen) atoms. The molecule has 0 atom stereocenters. The smallest absolute Gasteiger partial charge is 0.259 e. The number of nitrogens with two attached hydrogens (primary N) is 1. The fourth-order valence-electron chi connectivity index (χ4n) is 1.84. The predicted molar refractivity (Wildman–Crippen MR) is 84.6 cm³/mol. The van der Waals surface area contributed by atoms with E-state index >= 15 is 0 Å². The van der Waals surface area contributed by atoms with Gasteiger partial charge in [0.2, 0.25) is 5.82 Å². The van der Waals surface area contributed by atoms with E-state index in [1.807, 2.05) is 0 Å². The van der Waals surface area contributed by atoms with Gasteiger partial charge in [-0.3, -0.25) is 0 Å². The minimum atomic E-state index is 0.276. The highest BCUT2D eigenvalue weighted by atomic mass is 35.5. The minimum Gasteiger partial charge on any atom is -0.399 e. The number of nitrogen functional groups attached to an aromatic ring is 1. The number of anilines is 1. The Morgan fingerprint density at radius 3 is 2.38 bits per heavy atom. The van der Waals surface area contributed by atoms with E-state index in [1.54, 1.807) is 36.4 Å². The molecular formula is C14H8Cl3N3O. The van der Waals surface area contributed by atoms with Crippen LogP contribution in [-0.2, 0) is 0 Å². The molecule has 0 saturated heterocycles. The van der Waals surface area contributed by atoms with E-state index < -0.39 is 0 Å². The van der Waals surface area contributed by atoms with Crippen molar-refractivity contribution in [3.63, 3.8) is 0 Å². The summed E-state index contributed by atoms with van der Waals surface area (Å²) >= 11 is 18.0. The molecule has 2 aromatic carbocycles. The average Bonchev–Trinajstić information content (AvgIpc) is 2.90. The Bertz CT molecular complexity index is 797. The molecule has 1 heterocycles. The first-order valence-corrected chi connectivity index (χ1v) is 7.02. The van der Waals surface area contributed by atoms with E-state index in [2.05, 4.69) is 10.1 Å². The Morgan fingerprint density at radius 1 is 0.952 bits per heavy atom. The quantitative estimate of drug-likeness (QED) is 0.671. The molecule has 106 valence electrons. The largest absolute Gasteiger partial charge is 0.399 e. The summed E-state index contributed by atoms with van der Waals surface area (Å²) in [4.78, 5) is 4.30. The lowest BCUT2D eigenvalue weighted by Gasteiger charge is -1.99. The van der Waals surface area contributed by atoms with Gasteiger partial charge in [-0.2, -0.15) is 4.98 Å². The van der Waals surface area contributed by atoms with E-state index in [0.29, 0.717) is 37.7 Å². The summed E-state index contributed by atoms with van der Waals surface area (Å²) in [7, 11) is 0. The Labute approximate surface area is 135 Å². The van der Waals surface area contributed by atoms with Crippen molar-refractivity contribution in [2.75, 3.05) is 5.73 Å². The topological polar surface area (TPSA) is 64.9 Å². The molecule has 0 aliphatic carbocycles. The monoisotopic (exact) mass is 339 g/mol. The van der Waals surface area contributed by atoms with Crippen LogP contribution in [0.5, 0.6) is 0 Å². The lowest BCUT2D eigenvalue weighted by atomic mass is 10.2. The maximum Gasteiger partial charge on any atom is 0.259 e. The molecular weight excluding hydrogens is 333 g/mol. The molecule has 0 unspecified atom stereocenters. The highest BCUT2D eigenvalue weighted by Gasteiger charge is 2.14. The summed E-state index contributed by atoms with van der Waals surface area (Å²) in [5.74, 6) is 0.645. The van der Waals surface area contributed by atoms with Gasteiger partial charge in [0, 0.05) is 21.3 Å². The van der Waals surface area contributed by atoms with Gasteiger partial charge in [0.25, 0.3) is 5.89 Å². The first kappa shape index (κ1) is 14.2. The molecule has 3 rings (SSSR count). The molecule has 4 nitrogen and oxygen atoms in total. The second-order valence-corrected chi connectivity index (χ2v) is 5.60. The summed E-state index contributed by atoms with van der Waals surface area (Å²) in [6.45, 7) is 0. The van der Waals surface area contributed by atoms with Gasteiger partial charge in [0.05, 0.1) is 10.6 Å². The van der Waals surface area contributed by atoms with E-state index in [4.69, 9.17) is 45.1 Å². The van der Waals surface area contributed by atoms with Crippen LogP contribution in [0.15, 0.2) is 40.9 Å². The number of rotatable bonds is 2. The van der Waals surface area contributed by atoms with E-state index in [-0.39, 0.29) is 5.89 Å². The Morgan fingerprint density at radius 2 is 1.67 bits per heavy atom. The van der Waals surface area contributed by atoms with Crippen molar-refractivity contribution < 1.29 is 4.52 Å². The molecule has 0 fully saturated rings. The zero-order chi connectivity index (χ0) is 15.0. The molecule has 0 spiro atoms. The van der Waals surface area contributed by atoms with Crippen LogP contribution >= 0.6 is 34.8 Å². The third-order valence-corrected chi connectivity index (χ3v) is 3.53. The first-order chi connectivity index (χ1) is 10.0. The second kappa shape index (κ2) is 5.56. The molecule has 0 saturated carbocycles. The maximum atomic E-state index is 6.11. The molecule has 0 radical (unpaired) electrons. The Kier molecular flexibility index (Phi) is 3.76. The van der Waals surface area contributed by atoms with Crippen LogP contribution in [0, 0.1) is 0 Å². The number of hydrogen-bond acceptors (Lipinski definition) is 4. The molecule has 0 aliphatic rings. The lowest BCUT2D eigenvalue weighted by Crippen LogP contribution is -1.87. The zero-order valence-corrected chi connectivity index (χ0v) is 12.7. The van der Waals surface area contributed by atoms with Gasteiger partial charge in [-0.05, 0) is 36.4 Å². The average molecular weight is 341 g/mol. The number of nitrogens with zero attached hydrogens (tertiary/aromatic N) is 2. The molecule has 0 bridgehead atoms. The van der Waals surface area contributed by atoms with E-state index in [1.165, 1.54) is 0 Å². The molecule has 3 aromatic rings. The summed E-state index contributed by atoms with van der Waals surface area (Å²) < 4.78 is 5.23. The summed E-state index contributed by atoms with van der Waals surface area (Å²) in [6.07, 6.45) is 0. The molecule has 0 amide bonds. The molecule has 7 heteroatoms. The normalized spacial score (nSPS) is 10.8. The molecule has 1 aromatic heterocycles. The van der Waals surface area contributed by atoms with Crippen LogP contribution in [0.1, 0.15) is 0 Å². The van der Waals surface area contributed by atoms with Crippen molar-refractivity contribution in [1.29, 1.82) is 0 Å². The van der Waals surface area contributed by atoms with Crippen LogP contribution in [0.25, 0.3) is 22.8 Å². The second-order valence-electron chi connectivity index (χ2n) is 4.32. The van der Waals surface area contributed by atoms with E-state index in [9.17, 15) is 0 Å². The van der Waals surface area contributed by atoms with Crippen molar-refractivity contribution in [3.8, 4) is 22.8 Å². The zero-order valence-electron chi connectivity index (χ0n) is 10.5. The predicted octanol–water partition coefficient (Wildman–Crippen LogP) is 4.95. The molecule has 0 aliphatic heterocycles. The third kappa shape index (κ3) is 2.97. The van der Waals surface area contributed by atoms with Crippen LogP contribution in [0.2, 0.25) is 15.1 Å². The van der Waals surface area contributed by atoms with Gasteiger partial charge >= 0.3 is 0 Å². The summed E-state index contributed by atoms with van der Waals surface area (Å²) in [5, 5.41) is 5.37. The summed E-state index contributed by atoms with van der Waals surface area (Å²) in [5.41, 5.74) is 7.52. The highest BCUT2D eigenvalue weighted by molar-refractivity contribution is 6.35. The van der Waals surface area contributed by atoms with Gasteiger partial charge in [0.15, 0.2) is 0 Å². The van der Waals surface area contributed by atoms with Crippen LogP contribution < -0.4 is 5.73 Å². The van der Waals surface area contributed by atoms with Crippen molar-refractivity contribution in [2.45, 2.75) is 0 Å². The highest BCUT2D eigenvalue weighted by Crippen LogP contribution is 2.31. The molecule has 2 N–H and O–H groups in total. The fraction of sp³-hybridized carbons (Fsp3) is 0. The maximum absolute atomic E-state index is 6.11. The minimum absolute atomic E-state index is 0.276.